The second-order valence-corrected chi connectivity index (χ2v) is 9.64. The van der Waals surface area contributed by atoms with Gasteiger partial charge < -0.3 is 5.32 Å². The zero-order valence-corrected chi connectivity index (χ0v) is 16.3. The van der Waals surface area contributed by atoms with Crippen molar-refractivity contribution < 1.29 is 13.2 Å². The van der Waals surface area contributed by atoms with E-state index < -0.39 is 10.0 Å². The van der Waals surface area contributed by atoms with E-state index in [0.29, 0.717) is 24.3 Å². The fourth-order valence-electron chi connectivity index (χ4n) is 2.96. The molecular weight excluding hydrogens is 352 g/mol. The molecule has 8 heteroatoms. The minimum absolute atomic E-state index is 0.0192. The molecule has 0 saturated carbocycles. The summed E-state index contributed by atoms with van der Waals surface area (Å²) in [4.78, 5) is 12.5. The van der Waals surface area contributed by atoms with Gasteiger partial charge in [-0.1, -0.05) is 32.9 Å². The summed E-state index contributed by atoms with van der Waals surface area (Å²) in [5, 5.41) is 9.85. The van der Waals surface area contributed by atoms with Crippen LogP contribution in [0.15, 0.2) is 24.3 Å². The molecule has 0 spiro atoms. The molecule has 0 bridgehead atoms. The number of benzene rings is 1. The number of rotatable bonds is 3. The number of anilines is 1. The molecule has 3 rings (SSSR count). The van der Waals surface area contributed by atoms with Gasteiger partial charge in [0, 0.05) is 36.3 Å². The number of amides is 1. The van der Waals surface area contributed by atoms with Crippen LogP contribution in [0.1, 0.15) is 48.0 Å². The number of nitrogens with one attached hydrogen (secondary N) is 2. The van der Waals surface area contributed by atoms with Crippen molar-refractivity contribution in [1.82, 2.24) is 14.5 Å². The molecule has 1 amide bonds. The first-order chi connectivity index (χ1) is 12.1. The van der Waals surface area contributed by atoms with Gasteiger partial charge in [-0.3, -0.25) is 9.89 Å². The highest BCUT2D eigenvalue weighted by Crippen LogP contribution is 2.26. The van der Waals surface area contributed by atoms with Crippen LogP contribution in [0.5, 0.6) is 0 Å². The number of carbonyl (C=O) groups is 1. The Morgan fingerprint density at radius 1 is 1.23 bits per heavy atom. The van der Waals surface area contributed by atoms with E-state index in [1.165, 1.54) is 10.6 Å². The second kappa shape index (κ2) is 6.51. The first kappa shape index (κ1) is 18.6. The lowest BCUT2D eigenvalue weighted by molar-refractivity contribution is 0.102. The SMILES string of the molecule is CC(C)(C)c1ccc(C(=O)Nc2n[nH]c3c2CN(S(C)(=O)=O)CC3)cc1. The summed E-state index contributed by atoms with van der Waals surface area (Å²) in [7, 11) is -3.28. The van der Waals surface area contributed by atoms with Crippen molar-refractivity contribution in [2.45, 2.75) is 39.2 Å². The average Bonchev–Trinajstić information content (AvgIpc) is 2.95. The van der Waals surface area contributed by atoms with Gasteiger partial charge in [-0.05, 0) is 23.1 Å². The fraction of sp³-hybridized carbons (Fsp3) is 0.444. The molecule has 0 saturated heterocycles. The number of sulfonamides is 1. The molecule has 0 atom stereocenters. The molecule has 0 aliphatic carbocycles. The Balaban J connectivity index is 1.78. The molecule has 1 aromatic carbocycles. The van der Waals surface area contributed by atoms with E-state index in [4.69, 9.17) is 0 Å². The molecule has 1 aromatic heterocycles. The smallest absolute Gasteiger partial charge is 0.256 e. The highest BCUT2D eigenvalue weighted by atomic mass is 32.2. The monoisotopic (exact) mass is 376 g/mol. The quantitative estimate of drug-likeness (QED) is 0.859. The first-order valence-electron chi connectivity index (χ1n) is 8.49. The molecule has 2 aromatic rings. The fourth-order valence-corrected chi connectivity index (χ4v) is 3.74. The Bertz CT molecular complexity index is 924. The summed E-state index contributed by atoms with van der Waals surface area (Å²) in [6.45, 7) is 6.97. The van der Waals surface area contributed by atoms with Gasteiger partial charge >= 0.3 is 0 Å². The highest BCUT2D eigenvalue weighted by molar-refractivity contribution is 7.88. The maximum Gasteiger partial charge on any atom is 0.256 e. The van der Waals surface area contributed by atoms with Crippen LogP contribution in [0.25, 0.3) is 0 Å². The Morgan fingerprint density at radius 3 is 2.46 bits per heavy atom. The minimum atomic E-state index is -3.28. The lowest BCUT2D eigenvalue weighted by Gasteiger charge is -2.24. The van der Waals surface area contributed by atoms with Crippen LogP contribution >= 0.6 is 0 Å². The molecule has 2 heterocycles. The molecule has 0 fully saturated rings. The van der Waals surface area contributed by atoms with Crippen molar-refractivity contribution in [3.8, 4) is 0 Å². The molecule has 140 valence electrons. The van der Waals surface area contributed by atoms with Crippen LogP contribution in [0.3, 0.4) is 0 Å². The zero-order chi connectivity index (χ0) is 19.1. The average molecular weight is 376 g/mol. The number of hydrogen-bond donors (Lipinski definition) is 2. The van der Waals surface area contributed by atoms with Gasteiger partial charge in [-0.2, -0.15) is 9.40 Å². The van der Waals surface area contributed by atoms with Gasteiger partial charge in [0.1, 0.15) is 0 Å². The number of nitrogens with zero attached hydrogens (tertiary/aromatic N) is 2. The molecule has 0 unspecified atom stereocenters. The maximum absolute atomic E-state index is 12.5. The predicted octanol–water partition coefficient (Wildman–Crippen LogP) is 2.28. The largest absolute Gasteiger partial charge is 0.305 e. The first-order valence-corrected chi connectivity index (χ1v) is 10.3. The van der Waals surface area contributed by atoms with Gasteiger partial charge in [-0.15, -0.1) is 0 Å². The Kier molecular flexibility index (Phi) is 4.66. The lowest BCUT2D eigenvalue weighted by Crippen LogP contribution is -2.35. The van der Waals surface area contributed by atoms with Crippen LogP contribution in [-0.2, 0) is 28.4 Å². The van der Waals surface area contributed by atoms with Crippen molar-refractivity contribution in [1.29, 1.82) is 0 Å². The summed E-state index contributed by atoms with van der Waals surface area (Å²) in [6, 6.07) is 7.47. The van der Waals surface area contributed by atoms with Gasteiger partial charge in [0.25, 0.3) is 5.91 Å². The molecule has 1 aliphatic heterocycles. The van der Waals surface area contributed by atoms with E-state index in [1.54, 1.807) is 12.1 Å². The number of fused-ring (bicyclic) bond motifs is 1. The predicted molar refractivity (Wildman–Crippen MR) is 101 cm³/mol. The van der Waals surface area contributed by atoms with Crippen molar-refractivity contribution >= 4 is 21.7 Å². The van der Waals surface area contributed by atoms with Gasteiger partial charge in [-0.25, -0.2) is 8.42 Å². The van der Waals surface area contributed by atoms with Crippen LogP contribution in [0.4, 0.5) is 5.82 Å². The van der Waals surface area contributed by atoms with Crippen LogP contribution in [0.2, 0.25) is 0 Å². The number of aromatic amines is 1. The van der Waals surface area contributed by atoms with E-state index in [2.05, 4.69) is 36.3 Å². The molecule has 26 heavy (non-hydrogen) atoms. The van der Waals surface area contributed by atoms with Gasteiger partial charge in [0.2, 0.25) is 10.0 Å². The van der Waals surface area contributed by atoms with Crippen LogP contribution in [0, 0.1) is 0 Å². The Morgan fingerprint density at radius 2 is 1.88 bits per heavy atom. The normalized spacial score (nSPS) is 15.5. The zero-order valence-electron chi connectivity index (χ0n) is 15.5. The van der Waals surface area contributed by atoms with E-state index >= 15 is 0 Å². The van der Waals surface area contributed by atoms with Crippen LogP contribution in [-0.4, -0.2) is 41.6 Å². The Labute approximate surface area is 153 Å². The van der Waals surface area contributed by atoms with E-state index in [-0.39, 0.29) is 17.9 Å². The van der Waals surface area contributed by atoms with Crippen molar-refractivity contribution in [2.24, 2.45) is 0 Å². The highest BCUT2D eigenvalue weighted by Gasteiger charge is 2.28. The van der Waals surface area contributed by atoms with E-state index in [9.17, 15) is 13.2 Å². The third-order valence-corrected chi connectivity index (χ3v) is 5.86. The van der Waals surface area contributed by atoms with Crippen LogP contribution < -0.4 is 5.32 Å². The third kappa shape index (κ3) is 3.81. The summed E-state index contributed by atoms with van der Waals surface area (Å²) in [6.07, 6.45) is 1.73. The van der Waals surface area contributed by atoms with Gasteiger partial charge in [0.15, 0.2) is 5.82 Å². The standard InChI is InChI=1S/C18H24N4O3S/c1-18(2,3)13-7-5-12(6-8-13)17(23)19-16-14-11-22(26(4,24)25)10-9-15(14)20-21-16/h5-8H,9-11H2,1-4H3,(H2,19,20,21,23). The molecular formula is C18H24N4O3S. The van der Waals surface area contributed by atoms with Crippen molar-refractivity contribution in [2.75, 3.05) is 18.1 Å². The third-order valence-electron chi connectivity index (χ3n) is 4.61. The van der Waals surface area contributed by atoms with E-state index in [0.717, 1.165) is 16.8 Å². The van der Waals surface area contributed by atoms with Crippen molar-refractivity contribution in [3.05, 3.63) is 46.6 Å². The maximum atomic E-state index is 12.5. The molecule has 2 N–H and O–H groups in total. The Hall–Kier alpha value is -2.19. The number of aromatic nitrogens is 2. The molecule has 7 nitrogen and oxygen atoms in total. The summed E-state index contributed by atoms with van der Waals surface area (Å²) in [5.74, 6) is 0.120. The van der Waals surface area contributed by atoms with E-state index in [1.807, 2.05) is 12.1 Å². The van der Waals surface area contributed by atoms with Crippen molar-refractivity contribution in [3.63, 3.8) is 0 Å². The number of carbonyl (C=O) groups excluding carboxylic acids is 1. The topological polar surface area (TPSA) is 95.2 Å². The lowest BCUT2D eigenvalue weighted by atomic mass is 9.87. The number of H-pyrrole nitrogens is 1. The summed E-state index contributed by atoms with van der Waals surface area (Å²) < 4.78 is 25.0. The van der Waals surface area contributed by atoms with Gasteiger partial charge in [0.05, 0.1) is 6.26 Å². The summed E-state index contributed by atoms with van der Waals surface area (Å²) in [5.41, 5.74) is 3.29. The minimum Gasteiger partial charge on any atom is -0.305 e. The number of hydrogen-bond acceptors (Lipinski definition) is 4. The second-order valence-electron chi connectivity index (χ2n) is 7.66. The molecule has 1 aliphatic rings. The molecule has 0 radical (unpaired) electrons. The summed E-state index contributed by atoms with van der Waals surface area (Å²) >= 11 is 0.